The van der Waals surface area contributed by atoms with E-state index in [-0.39, 0.29) is 17.3 Å². The van der Waals surface area contributed by atoms with Gasteiger partial charge in [0.2, 0.25) is 0 Å². The first kappa shape index (κ1) is 17.2. The summed E-state index contributed by atoms with van der Waals surface area (Å²) in [5.74, 6) is -0.217. The summed E-state index contributed by atoms with van der Waals surface area (Å²) >= 11 is 0. The number of pyridine rings is 1. The Balaban J connectivity index is 1.74. The van der Waals surface area contributed by atoms with Gasteiger partial charge in [-0.3, -0.25) is 4.79 Å². The number of aromatic nitrogens is 1. The van der Waals surface area contributed by atoms with Gasteiger partial charge in [-0.25, -0.2) is 4.98 Å². The Labute approximate surface area is 142 Å². The van der Waals surface area contributed by atoms with Gasteiger partial charge in [-0.05, 0) is 24.3 Å². The molecule has 0 spiro atoms. The summed E-state index contributed by atoms with van der Waals surface area (Å²) in [4.78, 5) is 18.0. The first-order valence-electron chi connectivity index (χ1n) is 7.71. The molecule has 132 valence electrons. The number of halogens is 3. The number of benzene rings is 1. The third-order valence-electron chi connectivity index (χ3n) is 3.79. The van der Waals surface area contributed by atoms with Gasteiger partial charge in [-0.15, -0.1) is 0 Å². The number of nitrogens with one attached hydrogen (secondary N) is 1. The van der Waals surface area contributed by atoms with E-state index in [4.69, 9.17) is 4.74 Å². The smallest absolute Gasteiger partial charge is 0.378 e. The number of alkyl halides is 3. The van der Waals surface area contributed by atoms with E-state index in [9.17, 15) is 18.0 Å². The van der Waals surface area contributed by atoms with Crippen molar-refractivity contribution >= 4 is 17.3 Å². The Morgan fingerprint density at radius 2 is 1.84 bits per heavy atom. The average Bonchev–Trinajstić information content (AvgIpc) is 2.62. The number of amides is 1. The van der Waals surface area contributed by atoms with Crippen LogP contribution in [-0.4, -0.2) is 42.1 Å². The molecule has 0 saturated carbocycles. The molecule has 0 unspecified atom stereocenters. The van der Waals surface area contributed by atoms with Gasteiger partial charge >= 0.3 is 6.18 Å². The third-order valence-corrected chi connectivity index (χ3v) is 3.79. The lowest BCUT2D eigenvalue weighted by molar-refractivity contribution is -0.136. The quantitative estimate of drug-likeness (QED) is 0.922. The van der Waals surface area contributed by atoms with Gasteiger partial charge in [0.15, 0.2) is 0 Å². The van der Waals surface area contributed by atoms with Crippen LogP contribution in [0.1, 0.15) is 16.1 Å². The summed E-state index contributed by atoms with van der Waals surface area (Å²) in [6.45, 7) is 1.97. The van der Waals surface area contributed by atoms with Crippen LogP contribution in [0.5, 0.6) is 0 Å². The van der Waals surface area contributed by atoms with E-state index in [1.165, 1.54) is 36.5 Å². The van der Waals surface area contributed by atoms with Crippen LogP contribution in [-0.2, 0) is 10.9 Å². The van der Waals surface area contributed by atoms with Gasteiger partial charge in [-0.2, -0.15) is 13.2 Å². The number of anilines is 2. The van der Waals surface area contributed by atoms with Crippen LogP contribution in [0.2, 0.25) is 0 Å². The standard InChI is InChI=1S/C17H16F3N3O2/c18-17(19,20)13-3-1-2-4-14(13)22-12-5-6-15(21-11-12)16(24)23-7-9-25-10-8-23/h1-6,11,22H,7-10H2. The van der Waals surface area contributed by atoms with Crippen molar-refractivity contribution in [3.63, 3.8) is 0 Å². The molecule has 2 heterocycles. The van der Waals surface area contributed by atoms with Gasteiger partial charge in [0.05, 0.1) is 36.3 Å². The summed E-state index contributed by atoms with van der Waals surface area (Å²) in [6.07, 6.45) is -3.11. The molecule has 8 heteroatoms. The number of ether oxygens (including phenoxy) is 1. The Kier molecular flexibility index (Phi) is 4.89. The van der Waals surface area contributed by atoms with E-state index in [0.717, 1.165) is 6.07 Å². The largest absolute Gasteiger partial charge is 0.418 e. The van der Waals surface area contributed by atoms with Crippen molar-refractivity contribution in [2.45, 2.75) is 6.18 Å². The minimum Gasteiger partial charge on any atom is -0.378 e. The van der Waals surface area contributed by atoms with Crippen LogP contribution < -0.4 is 5.32 Å². The van der Waals surface area contributed by atoms with Gasteiger partial charge in [0.25, 0.3) is 5.91 Å². The molecule has 1 saturated heterocycles. The summed E-state index contributed by atoms with van der Waals surface area (Å²) < 4.78 is 44.2. The minimum absolute atomic E-state index is 0.0657. The highest BCUT2D eigenvalue weighted by molar-refractivity contribution is 5.92. The second-order valence-corrected chi connectivity index (χ2v) is 5.51. The van der Waals surface area contributed by atoms with Gasteiger partial charge in [-0.1, -0.05) is 12.1 Å². The molecule has 25 heavy (non-hydrogen) atoms. The molecular formula is C17H16F3N3O2. The van der Waals surface area contributed by atoms with E-state index in [1.807, 2.05) is 0 Å². The molecule has 1 aromatic heterocycles. The number of morpholine rings is 1. The van der Waals surface area contributed by atoms with Crippen molar-refractivity contribution in [3.8, 4) is 0 Å². The highest BCUT2D eigenvalue weighted by Gasteiger charge is 2.33. The average molecular weight is 351 g/mol. The lowest BCUT2D eigenvalue weighted by Crippen LogP contribution is -2.41. The molecule has 0 atom stereocenters. The van der Waals surface area contributed by atoms with E-state index < -0.39 is 11.7 Å². The van der Waals surface area contributed by atoms with E-state index in [0.29, 0.717) is 32.0 Å². The zero-order valence-electron chi connectivity index (χ0n) is 13.2. The maximum Gasteiger partial charge on any atom is 0.418 e. The molecule has 3 rings (SSSR count). The van der Waals surface area contributed by atoms with Crippen molar-refractivity contribution in [3.05, 3.63) is 53.9 Å². The molecule has 5 nitrogen and oxygen atoms in total. The normalized spacial score (nSPS) is 15.1. The fraction of sp³-hybridized carbons (Fsp3) is 0.294. The molecule has 1 aliphatic rings. The zero-order chi connectivity index (χ0) is 17.9. The monoisotopic (exact) mass is 351 g/mol. The van der Waals surface area contributed by atoms with Crippen molar-refractivity contribution in [1.82, 2.24) is 9.88 Å². The van der Waals surface area contributed by atoms with E-state index in [2.05, 4.69) is 10.3 Å². The molecular weight excluding hydrogens is 335 g/mol. The fourth-order valence-corrected chi connectivity index (χ4v) is 2.52. The SMILES string of the molecule is O=C(c1ccc(Nc2ccccc2C(F)(F)F)cn1)N1CCOCC1. The molecule has 1 aliphatic heterocycles. The number of carbonyl (C=O) groups is 1. The Morgan fingerprint density at radius 3 is 2.48 bits per heavy atom. The zero-order valence-corrected chi connectivity index (χ0v) is 13.2. The predicted molar refractivity (Wildman–Crippen MR) is 85.7 cm³/mol. The van der Waals surface area contributed by atoms with Crippen molar-refractivity contribution < 1.29 is 22.7 Å². The second-order valence-electron chi connectivity index (χ2n) is 5.51. The maximum atomic E-state index is 13.0. The highest BCUT2D eigenvalue weighted by atomic mass is 19.4. The van der Waals surface area contributed by atoms with Crippen LogP contribution in [0.3, 0.4) is 0 Å². The molecule has 0 aliphatic carbocycles. The van der Waals surface area contributed by atoms with Crippen LogP contribution in [0, 0.1) is 0 Å². The minimum atomic E-state index is -4.46. The number of hydrogen-bond donors (Lipinski definition) is 1. The Hall–Kier alpha value is -2.61. The third kappa shape index (κ3) is 4.08. The summed E-state index contributed by atoms with van der Waals surface area (Å²) in [6, 6.07) is 8.23. The van der Waals surface area contributed by atoms with Gasteiger partial charge in [0.1, 0.15) is 5.69 Å². The second kappa shape index (κ2) is 7.10. The summed E-state index contributed by atoms with van der Waals surface area (Å²) in [5, 5.41) is 2.70. The Morgan fingerprint density at radius 1 is 1.12 bits per heavy atom. The van der Waals surface area contributed by atoms with E-state index >= 15 is 0 Å². The molecule has 1 N–H and O–H groups in total. The lowest BCUT2D eigenvalue weighted by Gasteiger charge is -2.26. The molecule has 1 fully saturated rings. The van der Waals surface area contributed by atoms with Crippen LogP contribution in [0.25, 0.3) is 0 Å². The van der Waals surface area contributed by atoms with Gasteiger partial charge in [0, 0.05) is 13.1 Å². The number of rotatable bonds is 3. The predicted octanol–water partition coefficient (Wildman–Crippen LogP) is 3.32. The van der Waals surface area contributed by atoms with Crippen molar-refractivity contribution in [2.75, 3.05) is 31.6 Å². The molecule has 1 amide bonds. The van der Waals surface area contributed by atoms with Crippen LogP contribution in [0.15, 0.2) is 42.6 Å². The van der Waals surface area contributed by atoms with Crippen molar-refractivity contribution in [2.24, 2.45) is 0 Å². The molecule has 1 aromatic carbocycles. The summed E-state index contributed by atoms with van der Waals surface area (Å²) in [5.41, 5.74) is -0.209. The molecule has 0 radical (unpaired) electrons. The number of hydrogen-bond acceptors (Lipinski definition) is 4. The number of para-hydroxylation sites is 1. The topological polar surface area (TPSA) is 54.5 Å². The van der Waals surface area contributed by atoms with Gasteiger partial charge < -0.3 is 15.0 Å². The number of carbonyl (C=O) groups excluding carboxylic acids is 1. The molecule has 0 bridgehead atoms. The first-order chi connectivity index (χ1) is 11.9. The van der Waals surface area contributed by atoms with Crippen molar-refractivity contribution in [1.29, 1.82) is 0 Å². The fourth-order valence-electron chi connectivity index (χ4n) is 2.52. The summed E-state index contributed by atoms with van der Waals surface area (Å²) in [7, 11) is 0. The maximum absolute atomic E-state index is 13.0. The van der Waals surface area contributed by atoms with Crippen LogP contribution in [0.4, 0.5) is 24.5 Å². The Bertz CT molecular complexity index is 742. The highest BCUT2D eigenvalue weighted by Crippen LogP contribution is 2.35. The van der Waals surface area contributed by atoms with E-state index in [1.54, 1.807) is 4.90 Å². The van der Waals surface area contributed by atoms with Crippen LogP contribution >= 0.6 is 0 Å². The molecule has 2 aromatic rings. The first-order valence-corrected chi connectivity index (χ1v) is 7.71. The lowest BCUT2D eigenvalue weighted by atomic mass is 10.1. The number of nitrogens with zero attached hydrogens (tertiary/aromatic N) is 2.